The largest absolute Gasteiger partial charge is 0.481 e. The molecule has 0 N–H and O–H groups in total. The van der Waals surface area contributed by atoms with Gasteiger partial charge in [-0.05, 0) is 63.1 Å². The number of non-ortho nitro benzene ring substituents is 1. The summed E-state index contributed by atoms with van der Waals surface area (Å²) in [4.78, 5) is 28.2. The number of hydrogen-bond donors (Lipinski definition) is 0. The molecule has 0 radical (unpaired) electrons. The number of esters is 1. The first kappa shape index (κ1) is 29.4. The molecule has 5 rings (SSSR count). The van der Waals surface area contributed by atoms with E-state index in [-0.39, 0.29) is 29.4 Å². The Hall–Kier alpha value is -4.09. The summed E-state index contributed by atoms with van der Waals surface area (Å²) in [5.41, 5.74) is 6.32. The number of ether oxygens (including phenoxy) is 2. The van der Waals surface area contributed by atoms with E-state index in [0.717, 1.165) is 32.4 Å². The number of rotatable bonds is 9. The quantitative estimate of drug-likeness (QED) is 0.104. The Bertz CT molecular complexity index is 1690. The molecule has 0 saturated heterocycles. The molecule has 0 fully saturated rings. The standard InChI is InChI=1S/C31H29BrN4O5S/c1-18(2)41-30(37)16-40-29-11-10-22(32)14-25(29)27-17-42-31(33-27)35-28(21-6-5-7-23(13-21)36(38)39)15-26(34-35)24-12-19(3)8-9-20(24)4/h5-14,17-18,28H,15-16H2,1-4H3/t28-/m0/s1. The van der Waals surface area contributed by atoms with Crippen LogP contribution in [0.2, 0.25) is 0 Å². The van der Waals surface area contributed by atoms with Crippen molar-refractivity contribution in [2.45, 2.75) is 46.3 Å². The molecule has 1 aliphatic heterocycles. The van der Waals surface area contributed by atoms with Crippen LogP contribution in [0.3, 0.4) is 0 Å². The Morgan fingerprint density at radius 1 is 1.14 bits per heavy atom. The zero-order valence-electron chi connectivity index (χ0n) is 23.5. The van der Waals surface area contributed by atoms with E-state index in [4.69, 9.17) is 19.6 Å². The summed E-state index contributed by atoms with van der Waals surface area (Å²) >= 11 is 4.94. The second-order valence-electron chi connectivity index (χ2n) is 10.3. The highest BCUT2D eigenvalue weighted by Crippen LogP contribution is 2.42. The molecular weight excluding hydrogens is 620 g/mol. The molecule has 4 aromatic rings. The third kappa shape index (κ3) is 6.52. The van der Waals surface area contributed by atoms with Crippen molar-refractivity contribution in [3.8, 4) is 17.0 Å². The van der Waals surface area contributed by atoms with Gasteiger partial charge in [-0.1, -0.05) is 45.8 Å². The summed E-state index contributed by atoms with van der Waals surface area (Å²) in [7, 11) is 0. The highest BCUT2D eigenvalue weighted by Gasteiger charge is 2.33. The van der Waals surface area contributed by atoms with Gasteiger partial charge in [-0.2, -0.15) is 5.10 Å². The average molecular weight is 650 g/mol. The predicted molar refractivity (Wildman–Crippen MR) is 167 cm³/mol. The van der Waals surface area contributed by atoms with Crippen LogP contribution in [0.25, 0.3) is 11.3 Å². The number of thiazole rings is 1. The van der Waals surface area contributed by atoms with E-state index < -0.39 is 5.97 Å². The van der Waals surface area contributed by atoms with Gasteiger partial charge in [0.1, 0.15) is 5.75 Å². The van der Waals surface area contributed by atoms with Crippen LogP contribution in [0.4, 0.5) is 10.8 Å². The summed E-state index contributed by atoms with van der Waals surface area (Å²) in [6.45, 7) is 7.44. The number of halogens is 1. The second-order valence-corrected chi connectivity index (χ2v) is 12.0. The molecule has 0 saturated carbocycles. The number of nitro groups is 1. The average Bonchev–Trinajstić information content (AvgIpc) is 3.61. The molecule has 0 spiro atoms. The zero-order chi connectivity index (χ0) is 30.0. The Labute approximate surface area is 256 Å². The molecule has 3 aromatic carbocycles. The van der Waals surface area contributed by atoms with Crippen molar-refractivity contribution in [3.63, 3.8) is 0 Å². The summed E-state index contributed by atoms with van der Waals surface area (Å²) in [6.07, 6.45) is 0.323. The van der Waals surface area contributed by atoms with Crippen LogP contribution in [0.15, 0.2) is 75.6 Å². The molecule has 0 bridgehead atoms. The summed E-state index contributed by atoms with van der Waals surface area (Å²) in [5, 5.41) is 21.0. The van der Waals surface area contributed by atoms with E-state index >= 15 is 0 Å². The number of benzene rings is 3. The van der Waals surface area contributed by atoms with Crippen LogP contribution in [0.5, 0.6) is 5.75 Å². The van der Waals surface area contributed by atoms with E-state index in [1.54, 1.807) is 32.0 Å². The molecule has 2 heterocycles. The minimum atomic E-state index is -0.456. The number of nitrogens with zero attached hydrogens (tertiary/aromatic N) is 4. The lowest BCUT2D eigenvalue weighted by Gasteiger charge is -2.21. The topological polar surface area (TPSA) is 107 Å². The van der Waals surface area contributed by atoms with Crippen LogP contribution in [0.1, 0.15) is 48.6 Å². The molecule has 1 aliphatic rings. The second kappa shape index (κ2) is 12.4. The third-order valence-electron chi connectivity index (χ3n) is 6.70. The van der Waals surface area contributed by atoms with E-state index in [9.17, 15) is 14.9 Å². The van der Waals surface area contributed by atoms with Crippen LogP contribution in [-0.2, 0) is 9.53 Å². The normalized spacial score (nSPS) is 14.7. The van der Waals surface area contributed by atoms with Gasteiger partial charge in [-0.15, -0.1) is 11.3 Å². The Morgan fingerprint density at radius 2 is 1.95 bits per heavy atom. The Morgan fingerprint density at radius 3 is 2.71 bits per heavy atom. The minimum absolute atomic E-state index is 0.0272. The monoisotopic (exact) mass is 648 g/mol. The van der Waals surface area contributed by atoms with Crippen molar-refractivity contribution >= 4 is 49.8 Å². The van der Waals surface area contributed by atoms with E-state index in [1.165, 1.54) is 17.4 Å². The van der Waals surface area contributed by atoms with E-state index in [0.29, 0.717) is 28.6 Å². The number of nitro benzene ring substituents is 1. The maximum absolute atomic E-state index is 12.1. The van der Waals surface area contributed by atoms with Gasteiger partial charge in [0.25, 0.3) is 5.69 Å². The molecule has 9 nitrogen and oxygen atoms in total. The SMILES string of the molecule is Cc1ccc(C)c(C2=NN(c3nc(-c4cc(Br)ccc4OCC(=O)OC(C)C)cs3)[C@H](c3cccc([N+](=O)[O-])c3)C2)c1. The number of aromatic nitrogens is 1. The fourth-order valence-corrected chi connectivity index (χ4v) is 5.94. The van der Waals surface area contributed by atoms with Crippen LogP contribution in [0, 0.1) is 24.0 Å². The molecule has 0 unspecified atom stereocenters. The highest BCUT2D eigenvalue weighted by atomic mass is 79.9. The minimum Gasteiger partial charge on any atom is -0.481 e. The lowest BCUT2D eigenvalue weighted by Crippen LogP contribution is -2.19. The summed E-state index contributed by atoms with van der Waals surface area (Å²) < 4.78 is 11.9. The number of aryl methyl sites for hydroxylation is 2. The summed E-state index contributed by atoms with van der Waals surface area (Å²) in [5.74, 6) is 0.0370. The van der Waals surface area contributed by atoms with Crippen molar-refractivity contribution in [1.82, 2.24) is 4.98 Å². The first-order valence-corrected chi connectivity index (χ1v) is 15.0. The smallest absolute Gasteiger partial charge is 0.344 e. The molecular formula is C31H29BrN4O5S. The number of carbonyl (C=O) groups is 1. The van der Waals surface area contributed by atoms with Gasteiger partial charge in [0, 0.05) is 39.5 Å². The molecule has 1 aromatic heterocycles. The maximum Gasteiger partial charge on any atom is 0.344 e. The fourth-order valence-electron chi connectivity index (χ4n) is 4.76. The maximum atomic E-state index is 12.1. The van der Waals surface area contributed by atoms with Crippen LogP contribution in [-0.4, -0.2) is 34.3 Å². The molecule has 0 aliphatic carbocycles. The number of hydrogen-bond acceptors (Lipinski definition) is 9. The Balaban J connectivity index is 1.52. The van der Waals surface area contributed by atoms with Gasteiger partial charge in [-0.25, -0.2) is 14.8 Å². The molecule has 11 heteroatoms. The molecule has 42 heavy (non-hydrogen) atoms. The van der Waals surface area contributed by atoms with Gasteiger partial charge in [0.05, 0.1) is 28.5 Å². The summed E-state index contributed by atoms with van der Waals surface area (Å²) in [6, 6.07) is 18.1. The van der Waals surface area contributed by atoms with Gasteiger partial charge in [0.15, 0.2) is 6.61 Å². The predicted octanol–water partition coefficient (Wildman–Crippen LogP) is 7.78. The van der Waals surface area contributed by atoms with Crippen LogP contribution < -0.4 is 9.75 Å². The zero-order valence-corrected chi connectivity index (χ0v) is 25.9. The van der Waals surface area contributed by atoms with Gasteiger partial charge in [-0.3, -0.25) is 10.1 Å². The van der Waals surface area contributed by atoms with Gasteiger partial charge in [0.2, 0.25) is 5.13 Å². The first-order valence-electron chi connectivity index (χ1n) is 13.4. The lowest BCUT2D eigenvalue weighted by atomic mass is 9.95. The van der Waals surface area contributed by atoms with Crippen molar-refractivity contribution in [2.24, 2.45) is 5.10 Å². The molecule has 216 valence electrons. The number of hydrazone groups is 1. The third-order valence-corrected chi connectivity index (χ3v) is 8.02. The highest BCUT2D eigenvalue weighted by molar-refractivity contribution is 9.10. The number of anilines is 1. The van der Waals surface area contributed by atoms with Gasteiger partial charge < -0.3 is 9.47 Å². The van der Waals surface area contributed by atoms with E-state index in [2.05, 4.69) is 41.1 Å². The first-order chi connectivity index (χ1) is 20.1. The van der Waals surface area contributed by atoms with Gasteiger partial charge >= 0.3 is 5.97 Å². The number of carbonyl (C=O) groups excluding carboxylic acids is 1. The van der Waals surface area contributed by atoms with Crippen molar-refractivity contribution in [1.29, 1.82) is 0 Å². The van der Waals surface area contributed by atoms with Crippen molar-refractivity contribution < 1.29 is 19.2 Å². The fraction of sp³-hybridized carbons (Fsp3) is 0.258. The van der Waals surface area contributed by atoms with Crippen molar-refractivity contribution in [2.75, 3.05) is 11.6 Å². The van der Waals surface area contributed by atoms with Crippen LogP contribution >= 0.6 is 27.3 Å². The Kier molecular flexibility index (Phi) is 8.69. The molecule has 1 atom stereocenters. The van der Waals surface area contributed by atoms with Crippen molar-refractivity contribution in [3.05, 3.63) is 103 Å². The lowest BCUT2D eigenvalue weighted by molar-refractivity contribution is -0.384. The molecule has 0 amide bonds. The van der Waals surface area contributed by atoms with E-state index in [1.807, 2.05) is 35.5 Å².